The van der Waals surface area contributed by atoms with E-state index in [-0.39, 0.29) is 0 Å². The zero-order valence-corrected chi connectivity index (χ0v) is 10.6. The van der Waals surface area contributed by atoms with E-state index in [1.165, 1.54) is 5.56 Å². The van der Waals surface area contributed by atoms with Crippen molar-refractivity contribution in [3.63, 3.8) is 0 Å². The van der Waals surface area contributed by atoms with E-state index in [0.29, 0.717) is 5.82 Å². The van der Waals surface area contributed by atoms with Crippen LogP contribution in [0.15, 0.2) is 55.1 Å². The van der Waals surface area contributed by atoms with Gasteiger partial charge < -0.3 is 5.73 Å². The molecule has 3 aromatic rings. The predicted molar refractivity (Wildman–Crippen MR) is 75.9 cm³/mol. The Hall–Kier alpha value is -2.62. The van der Waals surface area contributed by atoms with Crippen LogP contribution < -0.4 is 5.73 Å². The van der Waals surface area contributed by atoms with Crippen molar-refractivity contribution in [1.82, 2.24) is 14.5 Å². The van der Waals surface area contributed by atoms with Crippen LogP contribution in [0.1, 0.15) is 5.56 Å². The molecule has 0 radical (unpaired) electrons. The van der Waals surface area contributed by atoms with Crippen molar-refractivity contribution in [1.29, 1.82) is 0 Å². The van der Waals surface area contributed by atoms with E-state index in [0.717, 1.165) is 16.9 Å². The van der Waals surface area contributed by atoms with Crippen LogP contribution in [0.4, 0.5) is 5.82 Å². The molecule has 0 aliphatic carbocycles. The second kappa shape index (κ2) is 4.57. The second-order valence-corrected chi connectivity index (χ2v) is 4.46. The van der Waals surface area contributed by atoms with Crippen molar-refractivity contribution in [2.45, 2.75) is 6.92 Å². The summed E-state index contributed by atoms with van der Waals surface area (Å²) in [6.45, 7) is 2.08. The van der Waals surface area contributed by atoms with Crippen LogP contribution >= 0.6 is 0 Å². The average molecular weight is 250 g/mol. The minimum absolute atomic E-state index is 0.515. The van der Waals surface area contributed by atoms with Gasteiger partial charge in [0.05, 0.1) is 30.1 Å². The molecule has 0 unspecified atom stereocenters. The Morgan fingerprint density at radius 3 is 2.74 bits per heavy atom. The lowest BCUT2D eigenvalue weighted by Gasteiger charge is -2.08. The molecule has 0 spiro atoms. The van der Waals surface area contributed by atoms with E-state index in [2.05, 4.69) is 35.1 Å². The van der Waals surface area contributed by atoms with Crippen molar-refractivity contribution in [2.75, 3.05) is 5.73 Å². The van der Waals surface area contributed by atoms with Gasteiger partial charge >= 0.3 is 0 Å². The van der Waals surface area contributed by atoms with Crippen molar-refractivity contribution < 1.29 is 0 Å². The number of aromatic nitrogens is 3. The third-order valence-electron chi connectivity index (χ3n) is 3.00. The summed E-state index contributed by atoms with van der Waals surface area (Å²) >= 11 is 0. The lowest BCUT2D eigenvalue weighted by molar-refractivity contribution is 1.05. The monoisotopic (exact) mass is 250 g/mol. The average Bonchev–Trinajstić information content (AvgIpc) is 2.89. The molecule has 0 bridgehead atoms. The highest BCUT2D eigenvalue weighted by Crippen LogP contribution is 2.23. The summed E-state index contributed by atoms with van der Waals surface area (Å²) in [6, 6.07) is 12.1. The van der Waals surface area contributed by atoms with Crippen LogP contribution in [0.5, 0.6) is 0 Å². The van der Waals surface area contributed by atoms with Gasteiger partial charge in [-0.25, -0.2) is 9.97 Å². The van der Waals surface area contributed by atoms with Gasteiger partial charge in [0.25, 0.3) is 0 Å². The first kappa shape index (κ1) is 11.5. The standard InChI is InChI=1S/C15H14N4/c1-11-3-2-4-12(7-11)14-9-17-10-19(14)13-5-6-15(16)18-8-13/h2-10H,1H3,(H2,16,18). The molecule has 4 heteroatoms. The molecule has 0 aliphatic heterocycles. The number of imidazole rings is 1. The summed E-state index contributed by atoms with van der Waals surface area (Å²) in [5.74, 6) is 0.515. The van der Waals surface area contributed by atoms with Gasteiger partial charge in [-0.3, -0.25) is 4.57 Å². The topological polar surface area (TPSA) is 56.7 Å². The Morgan fingerprint density at radius 2 is 2.00 bits per heavy atom. The van der Waals surface area contributed by atoms with Crippen molar-refractivity contribution >= 4 is 5.82 Å². The molecule has 2 aromatic heterocycles. The fourth-order valence-corrected chi connectivity index (χ4v) is 2.06. The molecule has 0 fully saturated rings. The Kier molecular flexibility index (Phi) is 2.76. The molecule has 0 amide bonds. The molecular weight excluding hydrogens is 236 g/mol. The van der Waals surface area contributed by atoms with Gasteiger partial charge in [0.15, 0.2) is 0 Å². The highest BCUT2D eigenvalue weighted by atomic mass is 15.1. The van der Waals surface area contributed by atoms with E-state index in [1.54, 1.807) is 18.6 Å². The summed E-state index contributed by atoms with van der Waals surface area (Å²) in [7, 11) is 0. The summed E-state index contributed by atoms with van der Waals surface area (Å²) in [5.41, 5.74) is 9.95. The molecule has 19 heavy (non-hydrogen) atoms. The number of anilines is 1. The zero-order chi connectivity index (χ0) is 13.2. The van der Waals surface area contributed by atoms with Crippen LogP contribution in [0.3, 0.4) is 0 Å². The Bertz CT molecular complexity index is 698. The van der Waals surface area contributed by atoms with E-state index < -0.39 is 0 Å². The maximum absolute atomic E-state index is 5.61. The molecule has 4 nitrogen and oxygen atoms in total. The Labute approximate surface area is 111 Å². The number of benzene rings is 1. The molecule has 0 saturated carbocycles. The van der Waals surface area contributed by atoms with Gasteiger partial charge in [-0.05, 0) is 25.1 Å². The fourth-order valence-electron chi connectivity index (χ4n) is 2.06. The predicted octanol–water partition coefficient (Wildman–Crippen LogP) is 2.82. The zero-order valence-electron chi connectivity index (χ0n) is 10.6. The quantitative estimate of drug-likeness (QED) is 0.760. The van der Waals surface area contributed by atoms with Crippen LogP contribution in [-0.4, -0.2) is 14.5 Å². The van der Waals surface area contributed by atoms with Gasteiger partial charge in [-0.2, -0.15) is 0 Å². The molecular formula is C15H14N4. The van der Waals surface area contributed by atoms with Gasteiger partial charge in [0.2, 0.25) is 0 Å². The molecule has 2 heterocycles. The maximum atomic E-state index is 5.61. The largest absolute Gasteiger partial charge is 0.384 e. The molecule has 1 aromatic carbocycles. The lowest BCUT2D eigenvalue weighted by Crippen LogP contribution is -1.97. The van der Waals surface area contributed by atoms with Gasteiger partial charge in [-0.1, -0.05) is 23.8 Å². The third-order valence-corrected chi connectivity index (χ3v) is 3.00. The second-order valence-electron chi connectivity index (χ2n) is 4.46. The van der Waals surface area contributed by atoms with Crippen molar-refractivity contribution in [2.24, 2.45) is 0 Å². The summed E-state index contributed by atoms with van der Waals surface area (Å²) in [5, 5.41) is 0. The smallest absolute Gasteiger partial charge is 0.123 e. The van der Waals surface area contributed by atoms with E-state index in [1.807, 2.05) is 22.9 Å². The SMILES string of the molecule is Cc1cccc(-c2cncn2-c2ccc(N)nc2)c1. The summed E-state index contributed by atoms with van der Waals surface area (Å²) in [4.78, 5) is 8.35. The molecule has 3 rings (SSSR count). The lowest BCUT2D eigenvalue weighted by atomic mass is 10.1. The highest BCUT2D eigenvalue weighted by molar-refractivity contribution is 5.62. The van der Waals surface area contributed by atoms with Gasteiger partial charge in [0.1, 0.15) is 5.82 Å². The number of nitrogens with zero attached hydrogens (tertiary/aromatic N) is 3. The normalized spacial score (nSPS) is 10.6. The van der Waals surface area contributed by atoms with E-state index >= 15 is 0 Å². The number of rotatable bonds is 2. The number of nitrogens with two attached hydrogens (primary N) is 1. The van der Waals surface area contributed by atoms with Gasteiger partial charge in [0, 0.05) is 5.56 Å². The highest BCUT2D eigenvalue weighted by Gasteiger charge is 2.07. The molecule has 94 valence electrons. The number of nitrogen functional groups attached to an aromatic ring is 1. The molecule has 0 atom stereocenters. The Balaban J connectivity index is 2.10. The summed E-state index contributed by atoms with van der Waals surface area (Å²) < 4.78 is 2.00. The van der Waals surface area contributed by atoms with E-state index in [4.69, 9.17) is 5.73 Å². The van der Waals surface area contributed by atoms with Crippen LogP contribution in [-0.2, 0) is 0 Å². The minimum atomic E-state index is 0.515. The van der Waals surface area contributed by atoms with Crippen molar-refractivity contribution in [3.8, 4) is 16.9 Å². The van der Waals surface area contributed by atoms with Crippen LogP contribution in [0.2, 0.25) is 0 Å². The number of pyridine rings is 1. The first-order chi connectivity index (χ1) is 9.24. The Morgan fingerprint density at radius 1 is 1.11 bits per heavy atom. The minimum Gasteiger partial charge on any atom is -0.384 e. The fraction of sp³-hybridized carbons (Fsp3) is 0.0667. The molecule has 0 aliphatic rings. The van der Waals surface area contributed by atoms with Crippen molar-refractivity contribution in [3.05, 3.63) is 60.7 Å². The number of aryl methyl sites for hydroxylation is 1. The van der Waals surface area contributed by atoms with E-state index in [9.17, 15) is 0 Å². The third kappa shape index (κ3) is 2.20. The number of hydrogen-bond donors (Lipinski definition) is 1. The van der Waals surface area contributed by atoms with Crippen LogP contribution in [0, 0.1) is 6.92 Å². The maximum Gasteiger partial charge on any atom is 0.123 e. The van der Waals surface area contributed by atoms with Gasteiger partial charge in [-0.15, -0.1) is 0 Å². The first-order valence-corrected chi connectivity index (χ1v) is 6.05. The summed E-state index contributed by atoms with van der Waals surface area (Å²) in [6.07, 6.45) is 5.38. The molecule has 0 saturated heterocycles. The first-order valence-electron chi connectivity index (χ1n) is 6.05. The molecule has 2 N–H and O–H groups in total. The number of hydrogen-bond acceptors (Lipinski definition) is 3. The van der Waals surface area contributed by atoms with Crippen LogP contribution in [0.25, 0.3) is 16.9 Å².